The van der Waals surface area contributed by atoms with Crippen molar-refractivity contribution in [2.24, 2.45) is 17.3 Å². The highest BCUT2D eigenvalue weighted by Crippen LogP contribution is 2.61. The normalized spacial score (nSPS) is 34.0. The molecule has 2 atom stereocenters. The Hall–Kier alpha value is -2.06. The summed E-state index contributed by atoms with van der Waals surface area (Å²) in [4.78, 5) is 25.1. The summed E-state index contributed by atoms with van der Waals surface area (Å²) in [7, 11) is 0. The van der Waals surface area contributed by atoms with Gasteiger partial charge in [-0.1, -0.05) is 6.07 Å². The zero-order valence-corrected chi connectivity index (χ0v) is 15.6. The Morgan fingerprint density at radius 2 is 2.00 bits per heavy atom. The largest absolute Gasteiger partial charge is 0.455 e. The third-order valence-electron chi connectivity index (χ3n) is 6.36. The van der Waals surface area contributed by atoms with Crippen molar-refractivity contribution in [2.45, 2.75) is 44.1 Å². The number of nitrogens with zero attached hydrogens (tertiary/aromatic N) is 2. The molecular weight excluding hydrogens is 366 g/mol. The van der Waals surface area contributed by atoms with Gasteiger partial charge in [0.1, 0.15) is 11.0 Å². The third-order valence-corrected chi connectivity index (χ3v) is 6.90. The predicted octanol–water partition coefficient (Wildman–Crippen LogP) is 2.50. The minimum atomic E-state index is -0.724. The fraction of sp³-hybridized carbons (Fsp3) is 0.579. The number of aliphatic hydroxyl groups is 1. The van der Waals surface area contributed by atoms with Crippen LogP contribution in [0.1, 0.15) is 38.5 Å². The maximum atomic E-state index is 12.8. The molecule has 0 spiro atoms. The maximum absolute atomic E-state index is 12.8. The van der Waals surface area contributed by atoms with Gasteiger partial charge in [-0.25, -0.2) is 0 Å². The van der Waals surface area contributed by atoms with Gasteiger partial charge < -0.3 is 15.2 Å². The summed E-state index contributed by atoms with van der Waals surface area (Å²) in [5.41, 5.74) is 0.574. The number of hydrogen-bond acceptors (Lipinski definition) is 7. The minimum absolute atomic E-state index is 0.331. The van der Waals surface area contributed by atoms with Crippen molar-refractivity contribution in [3.05, 3.63) is 18.2 Å². The van der Waals surface area contributed by atoms with E-state index >= 15 is 0 Å². The Bertz CT molecular complexity index is 913. The molecule has 4 aliphatic carbocycles. The summed E-state index contributed by atoms with van der Waals surface area (Å²) in [6, 6.07) is 5.37. The molecule has 1 aromatic carbocycles. The lowest BCUT2D eigenvalue weighted by molar-refractivity contribution is -0.196. The third kappa shape index (κ3) is 2.91. The van der Waals surface area contributed by atoms with Crippen molar-refractivity contribution in [3.8, 4) is 0 Å². The van der Waals surface area contributed by atoms with E-state index in [1.165, 1.54) is 0 Å². The number of nitrogens with one attached hydrogen (secondary N) is 1. The van der Waals surface area contributed by atoms with Gasteiger partial charge in [-0.3, -0.25) is 9.59 Å². The molecule has 1 aromatic heterocycles. The average Bonchev–Trinajstić information content (AvgIpc) is 3.07. The van der Waals surface area contributed by atoms with Crippen molar-refractivity contribution in [3.63, 3.8) is 0 Å². The Labute approximate surface area is 160 Å². The van der Waals surface area contributed by atoms with Crippen molar-refractivity contribution in [1.29, 1.82) is 0 Å². The zero-order valence-electron chi connectivity index (χ0n) is 14.8. The van der Waals surface area contributed by atoms with Gasteiger partial charge in [0, 0.05) is 0 Å². The topological polar surface area (TPSA) is 101 Å². The van der Waals surface area contributed by atoms with Crippen LogP contribution < -0.4 is 5.32 Å². The Kier molecular flexibility index (Phi) is 3.77. The van der Waals surface area contributed by atoms with Gasteiger partial charge in [-0.15, -0.1) is 0 Å². The van der Waals surface area contributed by atoms with E-state index in [2.05, 4.69) is 14.1 Å². The van der Waals surface area contributed by atoms with Gasteiger partial charge in [-0.05, 0) is 62.5 Å². The summed E-state index contributed by atoms with van der Waals surface area (Å²) >= 11 is 1.08. The molecule has 2 N–H and O–H groups in total. The van der Waals surface area contributed by atoms with E-state index < -0.39 is 16.9 Å². The lowest BCUT2D eigenvalue weighted by Crippen LogP contribution is -2.58. The van der Waals surface area contributed by atoms with E-state index in [1.54, 1.807) is 12.1 Å². The van der Waals surface area contributed by atoms with Crippen LogP contribution in [0.5, 0.6) is 0 Å². The molecule has 4 saturated carbocycles. The molecule has 1 heterocycles. The van der Waals surface area contributed by atoms with Crippen LogP contribution in [0.25, 0.3) is 11.0 Å². The number of ether oxygens (including phenoxy) is 1. The van der Waals surface area contributed by atoms with Crippen LogP contribution in [-0.2, 0) is 14.3 Å². The number of carbonyl (C=O) groups excluding carboxylic acids is 2. The van der Waals surface area contributed by atoms with Gasteiger partial charge >= 0.3 is 5.97 Å². The van der Waals surface area contributed by atoms with Crippen LogP contribution in [0, 0.1) is 17.3 Å². The Morgan fingerprint density at radius 3 is 2.74 bits per heavy atom. The van der Waals surface area contributed by atoms with E-state index in [1.807, 2.05) is 6.07 Å². The first-order valence-electron chi connectivity index (χ1n) is 9.36. The van der Waals surface area contributed by atoms with E-state index in [-0.39, 0.29) is 12.6 Å². The van der Waals surface area contributed by atoms with Crippen molar-refractivity contribution < 1.29 is 19.4 Å². The standard InChI is InChI=1S/C19H21N3O4S/c23-15(20-13-2-1-3-14-16(13)22-27-21-14)9-26-17(24)18-5-11-4-12(6-18)8-19(25,7-11)10-18/h1-3,11-12,25H,4-10H2,(H,20,23)/t11-,12-,18?,19?/m1/s1. The molecule has 7 nitrogen and oxygen atoms in total. The minimum Gasteiger partial charge on any atom is -0.455 e. The summed E-state index contributed by atoms with van der Waals surface area (Å²) in [6.07, 6.45) is 4.71. The fourth-order valence-electron chi connectivity index (χ4n) is 5.83. The highest BCUT2D eigenvalue weighted by atomic mass is 32.1. The molecule has 0 unspecified atom stereocenters. The van der Waals surface area contributed by atoms with Crippen LogP contribution >= 0.6 is 11.7 Å². The molecule has 4 bridgehead atoms. The van der Waals surface area contributed by atoms with Gasteiger partial charge in [0.2, 0.25) is 0 Å². The second-order valence-corrected chi connectivity index (χ2v) is 9.06. The first-order chi connectivity index (χ1) is 12.9. The lowest BCUT2D eigenvalue weighted by atomic mass is 9.48. The first-order valence-corrected chi connectivity index (χ1v) is 10.1. The number of benzene rings is 1. The second-order valence-electron chi connectivity index (χ2n) is 8.53. The van der Waals surface area contributed by atoms with Crippen molar-refractivity contribution in [2.75, 3.05) is 11.9 Å². The number of aromatic nitrogens is 2. The molecule has 0 saturated heterocycles. The van der Waals surface area contributed by atoms with Crippen LogP contribution in [0.3, 0.4) is 0 Å². The summed E-state index contributed by atoms with van der Waals surface area (Å²) in [5.74, 6) is 0.0609. The molecule has 8 heteroatoms. The van der Waals surface area contributed by atoms with Crippen LogP contribution in [0.15, 0.2) is 18.2 Å². The molecule has 2 aromatic rings. The van der Waals surface area contributed by atoms with Gasteiger partial charge in [0.05, 0.1) is 28.4 Å². The van der Waals surface area contributed by atoms with Gasteiger partial charge in [0.25, 0.3) is 5.91 Å². The smallest absolute Gasteiger partial charge is 0.312 e. The molecule has 0 radical (unpaired) electrons. The van der Waals surface area contributed by atoms with E-state index in [0.29, 0.717) is 29.5 Å². The zero-order chi connectivity index (χ0) is 18.6. The second kappa shape index (κ2) is 5.97. The van der Waals surface area contributed by atoms with Gasteiger partial charge in [-0.2, -0.15) is 8.75 Å². The van der Waals surface area contributed by atoms with Crippen molar-refractivity contribution >= 4 is 40.3 Å². The molecule has 6 rings (SSSR count). The average molecular weight is 387 g/mol. The maximum Gasteiger partial charge on any atom is 0.312 e. The SMILES string of the molecule is O=C(COC(=O)C12C[C@H]3C[C@@H](CC(O)(C3)C1)C2)Nc1cccc2nsnc12. The quantitative estimate of drug-likeness (QED) is 0.782. The molecule has 142 valence electrons. The number of hydrogen-bond donors (Lipinski definition) is 2. The number of carbonyl (C=O) groups is 2. The molecule has 0 aliphatic heterocycles. The number of fused-ring (bicyclic) bond motifs is 1. The highest BCUT2D eigenvalue weighted by Gasteiger charge is 2.60. The molecule has 27 heavy (non-hydrogen) atoms. The van der Waals surface area contributed by atoms with E-state index in [4.69, 9.17) is 4.74 Å². The lowest BCUT2D eigenvalue weighted by Gasteiger charge is -2.58. The molecule has 1 amide bonds. The summed E-state index contributed by atoms with van der Waals surface area (Å²) in [5, 5.41) is 13.5. The van der Waals surface area contributed by atoms with Gasteiger partial charge in [0.15, 0.2) is 6.61 Å². The predicted molar refractivity (Wildman–Crippen MR) is 99.1 cm³/mol. The number of esters is 1. The summed E-state index contributed by atoms with van der Waals surface area (Å²) in [6.45, 7) is -0.331. The van der Waals surface area contributed by atoms with Crippen LogP contribution in [0.2, 0.25) is 0 Å². The van der Waals surface area contributed by atoms with E-state index in [9.17, 15) is 14.7 Å². The van der Waals surface area contributed by atoms with Crippen LogP contribution in [0.4, 0.5) is 5.69 Å². The highest BCUT2D eigenvalue weighted by molar-refractivity contribution is 7.00. The van der Waals surface area contributed by atoms with Crippen LogP contribution in [-0.4, -0.2) is 37.9 Å². The monoisotopic (exact) mass is 387 g/mol. The number of rotatable bonds is 4. The molecule has 4 aliphatic rings. The summed E-state index contributed by atoms with van der Waals surface area (Å²) < 4.78 is 13.7. The molecular formula is C19H21N3O4S. The first kappa shape index (κ1) is 17.1. The number of anilines is 1. The van der Waals surface area contributed by atoms with E-state index in [0.717, 1.165) is 49.3 Å². The number of amides is 1. The fourth-order valence-corrected chi connectivity index (χ4v) is 6.38. The molecule has 4 fully saturated rings. The Balaban J connectivity index is 1.24. The Morgan fingerprint density at radius 1 is 1.22 bits per heavy atom. The van der Waals surface area contributed by atoms with Crippen molar-refractivity contribution in [1.82, 2.24) is 8.75 Å².